The van der Waals surface area contributed by atoms with Crippen molar-refractivity contribution in [3.8, 4) is 0 Å². The third-order valence-corrected chi connectivity index (χ3v) is 3.16. The maximum absolute atomic E-state index is 8.91. The van der Waals surface area contributed by atoms with Gasteiger partial charge in [-0.1, -0.05) is 17.3 Å². The van der Waals surface area contributed by atoms with Crippen molar-refractivity contribution in [2.24, 2.45) is 10.9 Å². The molecule has 0 aliphatic carbocycles. The predicted molar refractivity (Wildman–Crippen MR) is 77.8 cm³/mol. The van der Waals surface area contributed by atoms with Crippen LogP contribution in [0.3, 0.4) is 0 Å². The van der Waals surface area contributed by atoms with Gasteiger partial charge in [0.2, 0.25) is 5.65 Å². The van der Waals surface area contributed by atoms with E-state index in [9.17, 15) is 0 Å². The zero-order chi connectivity index (χ0) is 14.8. The van der Waals surface area contributed by atoms with Gasteiger partial charge in [-0.05, 0) is 12.1 Å². The minimum atomic E-state index is 0.0332. The largest absolute Gasteiger partial charge is 0.409 e. The quantitative estimate of drug-likeness (QED) is 0.321. The summed E-state index contributed by atoms with van der Waals surface area (Å²) < 4.78 is 1.77. The molecule has 0 aliphatic heterocycles. The molecule has 0 bridgehead atoms. The van der Waals surface area contributed by atoms with Crippen LogP contribution < -0.4 is 10.6 Å². The number of hydrogen-bond acceptors (Lipinski definition) is 6. The maximum atomic E-state index is 8.91. The summed E-state index contributed by atoms with van der Waals surface area (Å²) in [6.07, 6.45) is 5.03. The number of rotatable bonds is 3. The Morgan fingerprint density at radius 2 is 2.19 bits per heavy atom. The summed E-state index contributed by atoms with van der Waals surface area (Å²) >= 11 is 0. The third-order valence-electron chi connectivity index (χ3n) is 3.16. The number of fused-ring (bicyclic) bond motifs is 1. The van der Waals surface area contributed by atoms with Crippen molar-refractivity contribution in [1.29, 1.82) is 0 Å². The Bertz CT molecular complexity index is 811. The molecule has 0 saturated carbocycles. The molecule has 0 aliphatic rings. The molecular weight excluding hydrogens is 270 g/mol. The molecule has 0 amide bonds. The molecule has 8 heteroatoms. The number of anilines is 2. The van der Waals surface area contributed by atoms with Crippen LogP contribution >= 0.6 is 0 Å². The number of benzene rings is 1. The molecule has 0 atom stereocenters. The van der Waals surface area contributed by atoms with Gasteiger partial charge in [0.1, 0.15) is 6.33 Å². The van der Waals surface area contributed by atoms with Crippen LogP contribution in [0.2, 0.25) is 0 Å². The second-order valence-electron chi connectivity index (χ2n) is 4.37. The highest BCUT2D eigenvalue weighted by Gasteiger charge is 2.16. The smallest absolute Gasteiger partial charge is 0.204 e. The Morgan fingerprint density at radius 3 is 3.00 bits per heavy atom. The van der Waals surface area contributed by atoms with Crippen LogP contribution in [-0.2, 0) is 0 Å². The molecular formula is C13H13N7O. The number of oxime groups is 1. The molecule has 3 N–H and O–H groups in total. The molecule has 21 heavy (non-hydrogen) atoms. The van der Waals surface area contributed by atoms with E-state index in [0.717, 1.165) is 5.69 Å². The Hall–Kier alpha value is -3.16. The summed E-state index contributed by atoms with van der Waals surface area (Å²) in [6.45, 7) is 0. The van der Waals surface area contributed by atoms with E-state index < -0.39 is 0 Å². The van der Waals surface area contributed by atoms with E-state index in [4.69, 9.17) is 10.9 Å². The molecule has 106 valence electrons. The van der Waals surface area contributed by atoms with Crippen molar-refractivity contribution >= 4 is 23.0 Å². The summed E-state index contributed by atoms with van der Waals surface area (Å²) in [5.74, 6) is 0.652. The zero-order valence-corrected chi connectivity index (χ0v) is 11.2. The Balaban J connectivity index is 2.15. The van der Waals surface area contributed by atoms with E-state index in [2.05, 4.69) is 20.3 Å². The maximum Gasteiger partial charge on any atom is 0.204 e. The number of amidine groups is 1. The molecule has 1 aromatic carbocycles. The van der Waals surface area contributed by atoms with Crippen molar-refractivity contribution in [2.45, 2.75) is 0 Å². The normalized spacial score (nSPS) is 11.8. The molecule has 0 spiro atoms. The number of para-hydroxylation sites is 1. The van der Waals surface area contributed by atoms with Crippen molar-refractivity contribution in [2.75, 3.05) is 11.9 Å². The van der Waals surface area contributed by atoms with E-state index in [1.54, 1.807) is 29.2 Å². The fourth-order valence-corrected chi connectivity index (χ4v) is 2.13. The fourth-order valence-electron chi connectivity index (χ4n) is 2.13. The second-order valence-corrected chi connectivity index (χ2v) is 4.37. The standard InChI is InChI=1S/C13H13N7O/c1-19(10-5-3-2-4-9(10)11(14)18-21)12-13-17-16-8-20(13)7-6-15-12/h2-8,21H,1H3,(H2,14,18). The van der Waals surface area contributed by atoms with E-state index in [1.807, 2.05) is 30.1 Å². The van der Waals surface area contributed by atoms with Crippen molar-refractivity contribution in [3.63, 3.8) is 0 Å². The number of nitrogens with two attached hydrogens (primary N) is 1. The first-order chi connectivity index (χ1) is 10.2. The molecule has 2 aromatic heterocycles. The van der Waals surface area contributed by atoms with Gasteiger partial charge in [0.25, 0.3) is 0 Å². The molecule has 3 rings (SSSR count). The first kappa shape index (κ1) is 12.9. The summed E-state index contributed by atoms with van der Waals surface area (Å²) in [5, 5.41) is 19.9. The van der Waals surface area contributed by atoms with Crippen molar-refractivity contribution in [1.82, 2.24) is 19.6 Å². The van der Waals surface area contributed by atoms with E-state index in [1.165, 1.54) is 0 Å². The van der Waals surface area contributed by atoms with Crippen LogP contribution in [0.4, 0.5) is 11.5 Å². The van der Waals surface area contributed by atoms with Crippen LogP contribution in [0.25, 0.3) is 5.65 Å². The molecule has 0 fully saturated rings. The Morgan fingerprint density at radius 1 is 1.38 bits per heavy atom. The van der Waals surface area contributed by atoms with E-state index in [-0.39, 0.29) is 5.84 Å². The van der Waals surface area contributed by atoms with Crippen molar-refractivity contribution in [3.05, 3.63) is 48.5 Å². The average Bonchev–Trinajstić information content (AvgIpc) is 3.02. The molecule has 2 heterocycles. The van der Waals surface area contributed by atoms with Gasteiger partial charge < -0.3 is 15.8 Å². The summed E-state index contributed by atoms with van der Waals surface area (Å²) in [7, 11) is 1.83. The van der Waals surface area contributed by atoms with Gasteiger partial charge in [-0.2, -0.15) is 0 Å². The molecule has 0 unspecified atom stereocenters. The van der Waals surface area contributed by atoms with Crippen LogP contribution in [0.15, 0.2) is 48.1 Å². The lowest BCUT2D eigenvalue weighted by molar-refractivity contribution is 0.318. The minimum absolute atomic E-state index is 0.0332. The summed E-state index contributed by atoms with van der Waals surface area (Å²) in [4.78, 5) is 6.16. The lowest BCUT2D eigenvalue weighted by atomic mass is 10.1. The molecule has 3 aromatic rings. The van der Waals surface area contributed by atoms with Crippen molar-refractivity contribution < 1.29 is 5.21 Å². The molecule has 0 saturated heterocycles. The van der Waals surface area contributed by atoms with Gasteiger partial charge in [0.15, 0.2) is 11.7 Å². The monoisotopic (exact) mass is 283 g/mol. The van der Waals surface area contributed by atoms with Gasteiger partial charge >= 0.3 is 0 Å². The molecule has 0 radical (unpaired) electrons. The summed E-state index contributed by atoms with van der Waals surface area (Å²) in [6, 6.07) is 7.31. The van der Waals surface area contributed by atoms with E-state index in [0.29, 0.717) is 17.0 Å². The highest BCUT2D eigenvalue weighted by Crippen LogP contribution is 2.27. The molecule has 8 nitrogen and oxygen atoms in total. The first-order valence-electron chi connectivity index (χ1n) is 6.17. The Labute approximate surface area is 120 Å². The fraction of sp³-hybridized carbons (Fsp3) is 0.0769. The Kier molecular flexibility index (Phi) is 3.11. The van der Waals surface area contributed by atoms with Crippen LogP contribution in [0.5, 0.6) is 0 Å². The predicted octanol–water partition coefficient (Wildman–Crippen LogP) is 0.987. The lowest BCUT2D eigenvalue weighted by Gasteiger charge is -2.21. The zero-order valence-electron chi connectivity index (χ0n) is 11.2. The van der Waals surface area contributed by atoms with Gasteiger partial charge in [-0.15, -0.1) is 10.2 Å². The summed E-state index contributed by atoms with van der Waals surface area (Å²) in [5.41, 5.74) is 7.69. The SMILES string of the molecule is CN(c1ccccc1/C(N)=N/O)c1nccn2cnnc12. The van der Waals surface area contributed by atoms with Gasteiger partial charge in [-0.25, -0.2) is 4.98 Å². The highest BCUT2D eigenvalue weighted by atomic mass is 16.4. The van der Waals surface area contributed by atoms with Crippen LogP contribution in [0.1, 0.15) is 5.56 Å². The van der Waals surface area contributed by atoms with Crippen LogP contribution in [-0.4, -0.2) is 37.7 Å². The second kappa shape index (κ2) is 5.08. The number of hydrogen-bond donors (Lipinski definition) is 2. The third kappa shape index (κ3) is 2.12. The van der Waals surface area contributed by atoms with E-state index >= 15 is 0 Å². The average molecular weight is 283 g/mol. The van der Waals surface area contributed by atoms with Gasteiger partial charge in [0, 0.05) is 25.0 Å². The van der Waals surface area contributed by atoms with Crippen LogP contribution in [0, 0.1) is 0 Å². The van der Waals surface area contributed by atoms with Gasteiger partial charge in [0.05, 0.1) is 5.69 Å². The number of nitrogens with zero attached hydrogens (tertiary/aromatic N) is 6. The minimum Gasteiger partial charge on any atom is -0.409 e. The topological polar surface area (TPSA) is 105 Å². The first-order valence-corrected chi connectivity index (χ1v) is 6.17. The van der Waals surface area contributed by atoms with Gasteiger partial charge in [-0.3, -0.25) is 4.40 Å². The highest BCUT2D eigenvalue weighted by molar-refractivity contribution is 6.03. The lowest BCUT2D eigenvalue weighted by Crippen LogP contribution is -2.20. The number of aromatic nitrogens is 4.